The van der Waals surface area contributed by atoms with Gasteiger partial charge in [-0.3, -0.25) is 10.1 Å². The van der Waals surface area contributed by atoms with Crippen LogP contribution in [0.15, 0.2) is 41.0 Å². The number of hydrogen-bond acceptors (Lipinski definition) is 4. The number of aliphatic imine (C=N–C) groups is 1. The zero-order valence-corrected chi connectivity index (χ0v) is 10.6. The summed E-state index contributed by atoms with van der Waals surface area (Å²) in [4.78, 5) is 18.4. The molecule has 5 nitrogen and oxygen atoms in total. The highest BCUT2D eigenvalue weighted by molar-refractivity contribution is 6.13. The van der Waals surface area contributed by atoms with E-state index in [0.29, 0.717) is 11.7 Å². The van der Waals surface area contributed by atoms with Crippen LogP contribution in [0.1, 0.15) is 5.56 Å². The van der Waals surface area contributed by atoms with E-state index in [1.807, 2.05) is 36.4 Å². The van der Waals surface area contributed by atoms with Crippen molar-refractivity contribution in [1.29, 1.82) is 0 Å². The lowest BCUT2D eigenvalue weighted by Crippen LogP contribution is -2.50. The Hall–Kier alpha value is -2.14. The van der Waals surface area contributed by atoms with Crippen molar-refractivity contribution in [2.75, 3.05) is 26.2 Å². The molecule has 1 amide bonds. The lowest BCUT2D eigenvalue weighted by molar-refractivity contribution is -0.115. The molecule has 0 radical (unpaired) electrons. The average molecular weight is 256 g/mol. The molecule has 0 bridgehead atoms. The van der Waals surface area contributed by atoms with Crippen molar-refractivity contribution in [3.8, 4) is 0 Å². The van der Waals surface area contributed by atoms with Crippen molar-refractivity contribution in [2.24, 2.45) is 4.99 Å². The molecule has 98 valence electrons. The third-order valence-electron chi connectivity index (χ3n) is 3.20. The standard InChI is InChI=1S/C14H16N4O/c19-13-12(10-11-4-2-1-3-5-11)16-14(17-13)18-8-6-15-7-9-18/h1-5,10,15H,6-9H2,(H,16,17,19)/b12-10-. The maximum absolute atomic E-state index is 11.9. The molecule has 0 saturated carbocycles. The number of nitrogens with zero attached hydrogens (tertiary/aromatic N) is 2. The number of piperazine rings is 1. The summed E-state index contributed by atoms with van der Waals surface area (Å²) in [5.41, 5.74) is 1.46. The number of carbonyl (C=O) groups excluding carboxylic acids is 1. The number of hydrogen-bond donors (Lipinski definition) is 2. The first kappa shape index (κ1) is 11.9. The van der Waals surface area contributed by atoms with Crippen LogP contribution in [0, 0.1) is 0 Å². The Balaban J connectivity index is 1.81. The number of benzene rings is 1. The van der Waals surface area contributed by atoms with Gasteiger partial charge in [-0.2, -0.15) is 0 Å². The summed E-state index contributed by atoms with van der Waals surface area (Å²) in [5.74, 6) is 0.547. The van der Waals surface area contributed by atoms with Crippen molar-refractivity contribution >= 4 is 17.9 Å². The minimum atomic E-state index is -0.127. The Kier molecular flexibility index (Phi) is 3.29. The molecule has 2 heterocycles. The quantitative estimate of drug-likeness (QED) is 0.716. The van der Waals surface area contributed by atoms with E-state index in [0.717, 1.165) is 31.7 Å². The van der Waals surface area contributed by atoms with Crippen molar-refractivity contribution in [3.05, 3.63) is 41.6 Å². The van der Waals surface area contributed by atoms with Crippen LogP contribution in [0.3, 0.4) is 0 Å². The normalized spacial score (nSPS) is 21.5. The Morgan fingerprint density at radius 1 is 1.16 bits per heavy atom. The molecule has 19 heavy (non-hydrogen) atoms. The fourth-order valence-corrected chi connectivity index (χ4v) is 2.19. The highest BCUT2D eigenvalue weighted by atomic mass is 16.2. The van der Waals surface area contributed by atoms with E-state index < -0.39 is 0 Å². The van der Waals surface area contributed by atoms with Crippen LogP contribution >= 0.6 is 0 Å². The van der Waals surface area contributed by atoms with E-state index in [4.69, 9.17) is 0 Å². The highest BCUT2D eigenvalue weighted by Gasteiger charge is 2.25. The summed E-state index contributed by atoms with van der Waals surface area (Å²) >= 11 is 0. The van der Waals surface area contributed by atoms with Crippen molar-refractivity contribution in [3.63, 3.8) is 0 Å². The largest absolute Gasteiger partial charge is 0.340 e. The fraction of sp³-hybridized carbons (Fsp3) is 0.286. The summed E-state index contributed by atoms with van der Waals surface area (Å²) in [7, 11) is 0. The second-order valence-corrected chi connectivity index (χ2v) is 4.57. The number of carbonyl (C=O) groups is 1. The molecular formula is C14H16N4O. The minimum absolute atomic E-state index is 0.127. The number of guanidine groups is 1. The van der Waals surface area contributed by atoms with Gasteiger partial charge in [-0.25, -0.2) is 4.99 Å². The molecule has 1 fully saturated rings. The van der Waals surface area contributed by atoms with E-state index in [-0.39, 0.29) is 5.91 Å². The molecule has 5 heteroatoms. The maximum atomic E-state index is 11.9. The van der Waals surface area contributed by atoms with E-state index in [1.54, 1.807) is 0 Å². The Morgan fingerprint density at radius 3 is 2.63 bits per heavy atom. The second kappa shape index (κ2) is 5.24. The first-order chi connectivity index (χ1) is 9.33. The Morgan fingerprint density at radius 2 is 1.89 bits per heavy atom. The van der Waals surface area contributed by atoms with Crippen LogP contribution in [0.4, 0.5) is 0 Å². The van der Waals surface area contributed by atoms with Gasteiger partial charge < -0.3 is 10.2 Å². The van der Waals surface area contributed by atoms with E-state index in [2.05, 4.69) is 20.5 Å². The SMILES string of the molecule is O=C1NC(N2CCNCC2)=N/C1=C\c1ccccc1. The number of rotatable bonds is 1. The van der Waals surface area contributed by atoms with Gasteiger partial charge in [0.05, 0.1) is 0 Å². The molecule has 1 aromatic carbocycles. The third-order valence-corrected chi connectivity index (χ3v) is 3.20. The van der Waals surface area contributed by atoms with E-state index in [1.165, 1.54) is 0 Å². The molecule has 0 aliphatic carbocycles. The molecule has 0 unspecified atom stereocenters. The lowest BCUT2D eigenvalue weighted by atomic mass is 10.2. The second-order valence-electron chi connectivity index (χ2n) is 4.57. The first-order valence-electron chi connectivity index (χ1n) is 6.45. The number of amides is 1. The third kappa shape index (κ3) is 2.66. The topological polar surface area (TPSA) is 56.7 Å². The molecule has 0 spiro atoms. The van der Waals surface area contributed by atoms with Crippen LogP contribution in [0.25, 0.3) is 6.08 Å². The maximum Gasteiger partial charge on any atom is 0.276 e. The van der Waals surface area contributed by atoms with Crippen LogP contribution in [-0.2, 0) is 4.79 Å². The zero-order chi connectivity index (χ0) is 13.1. The monoisotopic (exact) mass is 256 g/mol. The van der Waals surface area contributed by atoms with Gasteiger partial charge in [-0.1, -0.05) is 30.3 Å². The zero-order valence-electron chi connectivity index (χ0n) is 10.6. The van der Waals surface area contributed by atoms with Crippen LogP contribution in [0.5, 0.6) is 0 Å². The predicted octanol–water partition coefficient (Wildman–Crippen LogP) is 0.419. The average Bonchev–Trinajstić information content (AvgIpc) is 2.82. The van der Waals surface area contributed by atoms with Gasteiger partial charge in [0.1, 0.15) is 5.70 Å². The first-order valence-corrected chi connectivity index (χ1v) is 6.45. The molecule has 1 aromatic rings. The molecule has 2 aliphatic heterocycles. The molecule has 3 rings (SSSR count). The van der Waals surface area contributed by atoms with E-state index in [9.17, 15) is 4.79 Å². The smallest absolute Gasteiger partial charge is 0.276 e. The highest BCUT2D eigenvalue weighted by Crippen LogP contribution is 2.13. The van der Waals surface area contributed by atoms with Gasteiger partial charge in [0.15, 0.2) is 0 Å². The summed E-state index contributed by atoms with van der Waals surface area (Å²) in [6.07, 6.45) is 1.81. The summed E-state index contributed by atoms with van der Waals surface area (Å²) in [6.45, 7) is 3.59. The van der Waals surface area contributed by atoms with Crippen molar-refractivity contribution in [2.45, 2.75) is 0 Å². The Labute approximate surface area is 112 Å². The van der Waals surface area contributed by atoms with Gasteiger partial charge >= 0.3 is 0 Å². The molecule has 2 N–H and O–H groups in total. The predicted molar refractivity (Wildman–Crippen MR) is 74.4 cm³/mol. The summed E-state index contributed by atoms with van der Waals surface area (Å²) in [6, 6.07) is 9.75. The van der Waals surface area contributed by atoms with Gasteiger partial charge in [0, 0.05) is 26.2 Å². The summed E-state index contributed by atoms with van der Waals surface area (Å²) < 4.78 is 0. The molecule has 2 aliphatic rings. The summed E-state index contributed by atoms with van der Waals surface area (Å²) in [5, 5.41) is 6.11. The molecule has 0 atom stereocenters. The lowest BCUT2D eigenvalue weighted by Gasteiger charge is -2.28. The van der Waals surface area contributed by atoms with Crippen LogP contribution < -0.4 is 10.6 Å². The van der Waals surface area contributed by atoms with Crippen molar-refractivity contribution in [1.82, 2.24) is 15.5 Å². The Bertz CT molecular complexity index is 530. The van der Waals surface area contributed by atoms with Crippen molar-refractivity contribution < 1.29 is 4.79 Å². The van der Waals surface area contributed by atoms with Gasteiger partial charge in [0.2, 0.25) is 5.96 Å². The van der Waals surface area contributed by atoms with Crippen LogP contribution in [-0.4, -0.2) is 42.9 Å². The van der Waals surface area contributed by atoms with Gasteiger partial charge in [-0.05, 0) is 11.6 Å². The van der Waals surface area contributed by atoms with Gasteiger partial charge in [-0.15, -0.1) is 0 Å². The molecule has 1 saturated heterocycles. The van der Waals surface area contributed by atoms with Gasteiger partial charge in [0.25, 0.3) is 5.91 Å². The van der Waals surface area contributed by atoms with Crippen LogP contribution in [0.2, 0.25) is 0 Å². The number of nitrogens with one attached hydrogen (secondary N) is 2. The molecular weight excluding hydrogens is 240 g/mol. The molecule has 0 aromatic heterocycles. The minimum Gasteiger partial charge on any atom is -0.340 e. The fourth-order valence-electron chi connectivity index (χ4n) is 2.19. The van der Waals surface area contributed by atoms with E-state index >= 15 is 0 Å².